The largest absolute Gasteiger partial charge is 0.348 e. The number of halogens is 1. The van der Waals surface area contributed by atoms with E-state index in [4.69, 9.17) is 0 Å². The quantitative estimate of drug-likeness (QED) is 0.500. The zero-order valence-electron chi connectivity index (χ0n) is 16.5. The molecule has 0 saturated carbocycles. The first-order valence-corrected chi connectivity index (χ1v) is 11.8. The first kappa shape index (κ1) is 22.2. The standard InChI is InChI=1S/C23H23BrN2O3S/c1-17(19-10-6-3-7-11-19)25-23(27)22(16-18-8-4-2-5-9-18)26-30(28,29)21-14-12-20(24)13-15-21/h2-15,17,22,26H,16H2,1H3,(H,25,27)/t17-,22-/m0/s1. The fourth-order valence-corrected chi connectivity index (χ4v) is 4.51. The minimum atomic E-state index is -3.87. The Morgan fingerprint density at radius 3 is 2.07 bits per heavy atom. The number of nitrogens with one attached hydrogen (secondary N) is 2. The molecule has 3 rings (SSSR count). The Kier molecular flexibility index (Phi) is 7.42. The number of rotatable bonds is 8. The molecular formula is C23H23BrN2O3S. The van der Waals surface area contributed by atoms with E-state index in [9.17, 15) is 13.2 Å². The molecule has 0 aliphatic carbocycles. The van der Waals surface area contributed by atoms with Gasteiger partial charge in [-0.2, -0.15) is 4.72 Å². The van der Waals surface area contributed by atoms with Gasteiger partial charge in [0.25, 0.3) is 0 Å². The van der Waals surface area contributed by atoms with E-state index >= 15 is 0 Å². The summed E-state index contributed by atoms with van der Waals surface area (Å²) in [5.74, 6) is -0.379. The Labute approximate surface area is 185 Å². The number of sulfonamides is 1. The lowest BCUT2D eigenvalue weighted by atomic mass is 10.0. The normalized spacial score (nSPS) is 13.4. The van der Waals surface area contributed by atoms with Gasteiger partial charge in [-0.25, -0.2) is 8.42 Å². The van der Waals surface area contributed by atoms with Crippen molar-refractivity contribution in [3.63, 3.8) is 0 Å². The molecule has 0 unspecified atom stereocenters. The Morgan fingerprint density at radius 1 is 0.900 bits per heavy atom. The van der Waals surface area contributed by atoms with Crippen LogP contribution in [0.15, 0.2) is 94.3 Å². The summed E-state index contributed by atoms with van der Waals surface area (Å²) in [5.41, 5.74) is 1.81. The molecule has 0 aliphatic rings. The van der Waals surface area contributed by atoms with Crippen LogP contribution >= 0.6 is 15.9 Å². The van der Waals surface area contributed by atoms with Crippen molar-refractivity contribution in [2.24, 2.45) is 0 Å². The molecule has 0 radical (unpaired) electrons. The smallest absolute Gasteiger partial charge is 0.241 e. The number of carbonyl (C=O) groups excluding carboxylic acids is 1. The maximum Gasteiger partial charge on any atom is 0.241 e. The molecule has 7 heteroatoms. The lowest BCUT2D eigenvalue weighted by Gasteiger charge is -2.22. The number of hydrogen-bond acceptors (Lipinski definition) is 3. The van der Waals surface area contributed by atoms with Crippen LogP contribution in [0, 0.1) is 0 Å². The highest BCUT2D eigenvalue weighted by Gasteiger charge is 2.27. The Balaban J connectivity index is 1.82. The SMILES string of the molecule is C[C@H](NC(=O)[C@H](Cc1ccccc1)NS(=O)(=O)c1ccc(Br)cc1)c1ccccc1. The molecule has 0 aromatic heterocycles. The number of benzene rings is 3. The topological polar surface area (TPSA) is 75.3 Å². The van der Waals surface area contributed by atoms with Gasteiger partial charge < -0.3 is 5.32 Å². The summed E-state index contributed by atoms with van der Waals surface area (Å²) in [6, 6.07) is 24.0. The molecule has 1 amide bonds. The fourth-order valence-electron chi connectivity index (χ4n) is 3.05. The van der Waals surface area contributed by atoms with Gasteiger partial charge in [-0.3, -0.25) is 4.79 Å². The van der Waals surface area contributed by atoms with Crippen LogP contribution in [0.5, 0.6) is 0 Å². The van der Waals surface area contributed by atoms with Gasteiger partial charge in [0.2, 0.25) is 15.9 Å². The monoisotopic (exact) mass is 486 g/mol. The van der Waals surface area contributed by atoms with E-state index in [1.54, 1.807) is 12.1 Å². The van der Waals surface area contributed by atoms with Crippen LogP contribution in [-0.4, -0.2) is 20.4 Å². The Bertz CT molecular complexity index is 1070. The molecule has 2 N–H and O–H groups in total. The van der Waals surface area contributed by atoms with Crippen molar-refractivity contribution in [2.75, 3.05) is 0 Å². The molecule has 3 aromatic carbocycles. The van der Waals surface area contributed by atoms with E-state index in [1.807, 2.05) is 67.6 Å². The Morgan fingerprint density at radius 2 is 1.47 bits per heavy atom. The summed E-state index contributed by atoms with van der Waals surface area (Å²) >= 11 is 3.30. The molecule has 0 bridgehead atoms. The molecule has 3 aromatic rings. The van der Waals surface area contributed by atoms with E-state index in [0.717, 1.165) is 15.6 Å². The molecule has 30 heavy (non-hydrogen) atoms. The van der Waals surface area contributed by atoms with Gasteiger partial charge in [-0.1, -0.05) is 76.6 Å². The molecule has 0 aliphatic heterocycles. The highest BCUT2D eigenvalue weighted by molar-refractivity contribution is 9.10. The van der Waals surface area contributed by atoms with Crippen LogP contribution in [-0.2, 0) is 21.2 Å². The van der Waals surface area contributed by atoms with Crippen LogP contribution in [0.3, 0.4) is 0 Å². The lowest BCUT2D eigenvalue weighted by molar-refractivity contribution is -0.123. The minimum absolute atomic E-state index is 0.104. The maximum absolute atomic E-state index is 13.0. The second kappa shape index (κ2) is 10.0. The zero-order chi connectivity index (χ0) is 21.6. The molecule has 0 saturated heterocycles. The highest BCUT2D eigenvalue weighted by atomic mass is 79.9. The summed E-state index contributed by atoms with van der Waals surface area (Å²) in [7, 11) is -3.87. The maximum atomic E-state index is 13.0. The van der Waals surface area contributed by atoms with Crippen LogP contribution in [0.2, 0.25) is 0 Å². The molecule has 0 heterocycles. The molecule has 156 valence electrons. The molecule has 5 nitrogen and oxygen atoms in total. The molecule has 0 fully saturated rings. The van der Waals surface area contributed by atoms with Crippen LogP contribution < -0.4 is 10.0 Å². The predicted molar refractivity (Wildman–Crippen MR) is 121 cm³/mol. The molecule has 0 spiro atoms. The van der Waals surface area contributed by atoms with Crippen molar-refractivity contribution in [3.8, 4) is 0 Å². The van der Waals surface area contributed by atoms with Gasteiger partial charge in [0, 0.05) is 4.47 Å². The van der Waals surface area contributed by atoms with Crippen LogP contribution in [0.25, 0.3) is 0 Å². The van der Waals surface area contributed by atoms with Gasteiger partial charge in [0.05, 0.1) is 10.9 Å². The van der Waals surface area contributed by atoms with Crippen molar-refractivity contribution in [3.05, 3.63) is 101 Å². The van der Waals surface area contributed by atoms with E-state index in [2.05, 4.69) is 26.0 Å². The van der Waals surface area contributed by atoms with E-state index in [0.29, 0.717) is 0 Å². The van der Waals surface area contributed by atoms with Gasteiger partial charge in [0.1, 0.15) is 6.04 Å². The summed E-state index contributed by atoms with van der Waals surface area (Å²) in [6.45, 7) is 1.87. The predicted octanol–water partition coefficient (Wildman–Crippen LogP) is 4.22. The summed E-state index contributed by atoms with van der Waals surface area (Å²) in [5, 5.41) is 2.93. The highest BCUT2D eigenvalue weighted by Crippen LogP contribution is 2.17. The first-order chi connectivity index (χ1) is 14.3. The van der Waals surface area contributed by atoms with Gasteiger partial charge in [0.15, 0.2) is 0 Å². The van der Waals surface area contributed by atoms with Crippen molar-refractivity contribution < 1.29 is 13.2 Å². The number of hydrogen-bond donors (Lipinski definition) is 2. The second-order valence-electron chi connectivity index (χ2n) is 6.96. The second-order valence-corrected chi connectivity index (χ2v) is 9.59. The summed E-state index contributed by atoms with van der Waals surface area (Å²) in [4.78, 5) is 13.2. The third-order valence-corrected chi connectivity index (χ3v) is 6.70. The van der Waals surface area contributed by atoms with Crippen molar-refractivity contribution >= 4 is 31.9 Å². The van der Waals surface area contributed by atoms with E-state index < -0.39 is 16.1 Å². The number of carbonyl (C=O) groups is 1. The van der Waals surface area contributed by atoms with Crippen molar-refractivity contribution in [1.29, 1.82) is 0 Å². The van der Waals surface area contributed by atoms with E-state index in [1.165, 1.54) is 12.1 Å². The van der Waals surface area contributed by atoms with Crippen LogP contribution in [0.1, 0.15) is 24.1 Å². The van der Waals surface area contributed by atoms with Crippen LogP contribution in [0.4, 0.5) is 0 Å². The van der Waals surface area contributed by atoms with Gasteiger partial charge >= 0.3 is 0 Å². The van der Waals surface area contributed by atoms with E-state index in [-0.39, 0.29) is 23.3 Å². The minimum Gasteiger partial charge on any atom is -0.348 e. The number of amides is 1. The average molecular weight is 487 g/mol. The average Bonchev–Trinajstić information content (AvgIpc) is 2.74. The lowest BCUT2D eigenvalue weighted by Crippen LogP contribution is -2.48. The Hall–Kier alpha value is -2.48. The third-order valence-electron chi connectivity index (χ3n) is 4.68. The molecular weight excluding hydrogens is 464 g/mol. The van der Waals surface area contributed by atoms with Gasteiger partial charge in [-0.15, -0.1) is 0 Å². The van der Waals surface area contributed by atoms with Crippen molar-refractivity contribution in [2.45, 2.75) is 30.3 Å². The fraction of sp³-hybridized carbons (Fsp3) is 0.174. The van der Waals surface area contributed by atoms with Crippen molar-refractivity contribution in [1.82, 2.24) is 10.0 Å². The van der Waals surface area contributed by atoms with Gasteiger partial charge in [-0.05, 0) is 48.7 Å². The molecule has 2 atom stereocenters. The summed E-state index contributed by atoms with van der Waals surface area (Å²) < 4.78 is 29.1. The summed E-state index contributed by atoms with van der Waals surface area (Å²) in [6.07, 6.45) is 0.240. The zero-order valence-corrected chi connectivity index (χ0v) is 18.9. The first-order valence-electron chi connectivity index (χ1n) is 9.52. The third kappa shape index (κ3) is 6.01.